The molecule has 0 aliphatic rings. The number of nitrogens with one attached hydrogen (secondary N) is 3. The van der Waals surface area contributed by atoms with Gasteiger partial charge in [-0.2, -0.15) is 9.97 Å². The van der Waals surface area contributed by atoms with E-state index in [0.29, 0.717) is 5.95 Å². The minimum Gasteiger partial charge on any atom is -0.383 e. The molecule has 1 amide bonds. The van der Waals surface area contributed by atoms with Gasteiger partial charge in [-0.05, 0) is 34.6 Å². The topological polar surface area (TPSA) is 109 Å². The lowest BCUT2D eigenvalue weighted by Crippen LogP contribution is -2.11. The molecule has 24 heavy (non-hydrogen) atoms. The van der Waals surface area contributed by atoms with E-state index in [1.165, 1.54) is 20.8 Å². The van der Waals surface area contributed by atoms with Gasteiger partial charge in [-0.1, -0.05) is 12.2 Å². The van der Waals surface area contributed by atoms with E-state index in [4.69, 9.17) is 0 Å². The summed E-state index contributed by atoms with van der Waals surface area (Å²) in [7, 11) is 5.19. The number of nitrogens with zero attached hydrogens (tertiary/aromatic N) is 3. The lowest BCUT2D eigenvalue weighted by molar-refractivity contribution is -0.118. The van der Waals surface area contributed by atoms with Crippen molar-refractivity contribution in [2.45, 2.75) is 41.5 Å². The molecule has 9 heteroatoms. The van der Waals surface area contributed by atoms with Gasteiger partial charge in [-0.3, -0.25) is 4.79 Å². The van der Waals surface area contributed by atoms with Crippen LogP contribution in [-0.4, -0.2) is 52.8 Å². The highest BCUT2D eigenvalue weighted by molar-refractivity contribution is 7.80. The van der Waals surface area contributed by atoms with Gasteiger partial charge in [-0.25, -0.2) is 4.98 Å². The number of hydrogen-bond donors (Lipinski definition) is 3. The maximum atomic E-state index is 9.70. The summed E-state index contributed by atoms with van der Waals surface area (Å²) in [5.74, 6) is 2.30. The molecule has 0 bridgehead atoms. The summed E-state index contributed by atoms with van der Waals surface area (Å²) in [6.45, 7) is 10.1. The predicted octanol–water partition coefficient (Wildman–Crippen LogP) is 1.43. The van der Waals surface area contributed by atoms with Crippen molar-refractivity contribution in [2.75, 3.05) is 26.5 Å². The van der Waals surface area contributed by atoms with Gasteiger partial charge in [0.25, 0.3) is 0 Å². The Balaban J connectivity index is -0.000000270. The molecule has 0 atom stereocenters. The fourth-order valence-corrected chi connectivity index (χ4v) is 0.727. The molecule has 1 rings (SSSR count). The van der Waals surface area contributed by atoms with Crippen LogP contribution >= 0.6 is 12.2 Å². The molecule has 0 spiro atoms. The number of aromatic nitrogens is 3. The number of rotatable bonds is 1. The van der Waals surface area contributed by atoms with Crippen LogP contribution < -0.4 is 16.0 Å². The van der Waals surface area contributed by atoms with Gasteiger partial charge in [0, 0.05) is 28.1 Å². The van der Waals surface area contributed by atoms with Gasteiger partial charge in [0.05, 0.1) is 4.99 Å². The number of ketones is 1. The monoisotopic (exact) mass is 358 g/mol. The Kier molecular flexibility index (Phi) is 19.1. The minimum absolute atomic E-state index is 0.00463. The number of anilines is 1. The van der Waals surface area contributed by atoms with Crippen molar-refractivity contribution in [2.24, 2.45) is 0 Å². The number of thiocarbonyl (C=S) groups is 1. The number of aryl methyl sites for hydroxylation is 2. The van der Waals surface area contributed by atoms with Crippen molar-refractivity contribution < 1.29 is 9.59 Å². The third-order valence-electron chi connectivity index (χ3n) is 1.79. The van der Waals surface area contributed by atoms with E-state index >= 15 is 0 Å². The van der Waals surface area contributed by atoms with E-state index < -0.39 is 0 Å². The van der Waals surface area contributed by atoms with E-state index in [2.05, 4.69) is 43.1 Å². The third-order valence-corrected chi connectivity index (χ3v) is 1.99. The zero-order chi connectivity index (χ0) is 19.7. The fraction of sp³-hybridized carbons (Fsp3) is 0.600. The Bertz CT molecular complexity index is 470. The molecule has 0 radical (unpaired) electrons. The first-order chi connectivity index (χ1) is 11.0. The van der Waals surface area contributed by atoms with Crippen molar-refractivity contribution in [1.29, 1.82) is 0 Å². The van der Waals surface area contributed by atoms with Crippen LogP contribution in [0.2, 0.25) is 0 Å². The predicted molar refractivity (Wildman–Crippen MR) is 102 cm³/mol. The molecule has 0 saturated carbocycles. The second-order valence-corrected chi connectivity index (χ2v) is 5.14. The van der Waals surface area contributed by atoms with Gasteiger partial charge < -0.3 is 20.7 Å². The van der Waals surface area contributed by atoms with E-state index in [0.717, 1.165) is 16.6 Å². The molecule has 0 aliphatic heterocycles. The SMILES string of the molecule is CC(C)=O.CNC(C)=O.CNC(C)=S.CNc1nc(C)nc(C)n1. The summed E-state index contributed by atoms with van der Waals surface area (Å²) < 4.78 is 0. The highest BCUT2D eigenvalue weighted by atomic mass is 32.1. The second-order valence-electron chi connectivity index (χ2n) is 4.52. The Morgan fingerprint density at radius 2 is 1.12 bits per heavy atom. The maximum absolute atomic E-state index is 9.70. The Morgan fingerprint density at radius 3 is 1.29 bits per heavy atom. The van der Waals surface area contributed by atoms with Crippen LogP contribution in [0.1, 0.15) is 39.3 Å². The smallest absolute Gasteiger partial charge is 0.225 e. The molecule has 0 aromatic carbocycles. The largest absolute Gasteiger partial charge is 0.383 e. The standard InChI is InChI=1S/C6H10N4.C3H7NO.C3H7NS.C3H6O/c1-4-8-5(2)10-6(7-3)9-4;2*1-3(5)4-2;1-3(2)4/h1-3H3,(H,7,8,9,10);2*1-2H3,(H,4,5);1-2H3. The number of hydrogen-bond acceptors (Lipinski definition) is 7. The van der Waals surface area contributed by atoms with Crippen LogP contribution in [0, 0.1) is 13.8 Å². The molecule has 0 saturated heterocycles. The van der Waals surface area contributed by atoms with Gasteiger partial charge in [-0.15, -0.1) is 0 Å². The first-order valence-electron chi connectivity index (χ1n) is 7.20. The number of carbonyl (C=O) groups is 2. The third kappa shape index (κ3) is 28.1. The molecule has 3 N–H and O–H groups in total. The van der Waals surface area contributed by atoms with Crippen LogP contribution in [0.4, 0.5) is 5.95 Å². The average Bonchev–Trinajstić information content (AvgIpc) is 2.46. The van der Waals surface area contributed by atoms with Gasteiger partial charge in [0.2, 0.25) is 11.9 Å². The summed E-state index contributed by atoms with van der Waals surface area (Å²) >= 11 is 4.59. The molecule has 0 aliphatic carbocycles. The van der Waals surface area contributed by atoms with Crippen LogP contribution in [0.15, 0.2) is 0 Å². The molecule has 8 nitrogen and oxygen atoms in total. The normalized spacial score (nSPS) is 7.88. The Morgan fingerprint density at radius 1 is 0.833 bits per heavy atom. The van der Waals surface area contributed by atoms with Crippen molar-refractivity contribution in [1.82, 2.24) is 25.6 Å². The van der Waals surface area contributed by atoms with Gasteiger partial charge >= 0.3 is 0 Å². The van der Waals surface area contributed by atoms with Crippen molar-refractivity contribution in [3.63, 3.8) is 0 Å². The van der Waals surface area contributed by atoms with E-state index in [1.807, 2.05) is 27.8 Å². The fourth-order valence-electron chi connectivity index (χ4n) is 0.727. The van der Waals surface area contributed by atoms with E-state index in [-0.39, 0.29) is 11.7 Å². The lowest BCUT2D eigenvalue weighted by atomic mass is 10.6. The molecule has 1 aromatic heterocycles. The molecule has 138 valence electrons. The first kappa shape index (κ1) is 26.7. The van der Waals surface area contributed by atoms with Crippen LogP contribution in [-0.2, 0) is 9.59 Å². The maximum Gasteiger partial charge on any atom is 0.225 e. The zero-order valence-corrected chi connectivity index (χ0v) is 16.9. The molecule has 1 heterocycles. The quantitative estimate of drug-likeness (QED) is 0.647. The summed E-state index contributed by atoms with van der Waals surface area (Å²) in [6, 6.07) is 0. The molecule has 0 fully saturated rings. The second kappa shape index (κ2) is 17.2. The minimum atomic E-state index is 0.00463. The summed E-state index contributed by atoms with van der Waals surface area (Å²) in [6.07, 6.45) is 0. The highest BCUT2D eigenvalue weighted by Gasteiger charge is 1.95. The zero-order valence-electron chi connectivity index (χ0n) is 16.1. The average molecular weight is 359 g/mol. The van der Waals surface area contributed by atoms with Gasteiger partial charge in [0.15, 0.2) is 0 Å². The van der Waals surface area contributed by atoms with Crippen molar-refractivity contribution >= 4 is 34.8 Å². The van der Waals surface area contributed by atoms with E-state index in [1.54, 1.807) is 14.1 Å². The summed E-state index contributed by atoms with van der Waals surface area (Å²) in [5.41, 5.74) is 0. The molecular formula is C15H30N6O2S. The highest BCUT2D eigenvalue weighted by Crippen LogP contribution is 1.96. The molecule has 1 aromatic rings. The van der Waals surface area contributed by atoms with E-state index in [9.17, 15) is 9.59 Å². The number of Topliss-reactive ketones (excluding diaryl/α,β-unsaturated/α-hetero) is 1. The number of carbonyl (C=O) groups excluding carboxylic acids is 2. The van der Waals surface area contributed by atoms with Crippen molar-refractivity contribution in [3.8, 4) is 0 Å². The van der Waals surface area contributed by atoms with Crippen LogP contribution in [0.3, 0.4) is 0 Å². The number of amides is 1. The molecule has 0 unspecified atom stereocenters. The van der Waals surface area contributed by atoms with Gasteiger partial charge in [0.1, 0.15) is 17.4 Å². The van der Waals surface area contributed by atoms with Crippen molar-refractivity contribution in [3.05, 3.63) is 11.6 Å². The lowest BCUT2D eigenvalue weighted by Gasteiger charge is -1.98. The summed E-state index contributed by atoms with van der Waals surface area (Å²) in [5, 5.41) is 7.99. The molecular weight excluding hydrogens is 328 g/mol. The van der Waals surface area contributed by atoms with Crippen LogP contribution in [0.25, 0.3) is 0 Å². The Hall–Kier alpha value is -2.16. The van der Waals surface area contributed by atoms with Crippen LogP contribution in [0.5, 0.6) is 0 Å². The first-order valence-corrected chi connectivity index (χ1v) is 7.61. The summed E-state index contributed by atoms with van der Waals surface area (Å²) in [4.78, 5) is 32.0. The Labute approximate surface area is 150 Å².